The summed E-state index contributed by atoms with van der Waals surface area (Å²) in [6.45, 7) is 2.05. The second-order valence-electron chi connectivity index (χ2n) is 4.03. The largest absolute Gasteiger partial charge is 0.384 e. The van der Waals surface area contributed by atoms with E-state index in [2.05, 4.69) is 13.0 Å². The van der Waals surface area contributed by atoms with Crippen LogP contribution in [0.4, 0.5) is 0 Å². The van der Waals surface area contributed by atoms with E-state index in [1.165, 1.54) is 0 Å². The van der Waals surface area contributed by atoms with Crippen LogP contribution in [-0.2, 0) is 5.60 Å². The Bertz CT molecular complexity index is 412. The Morgan fingerprint density at radius 2 is 2.40 bits per heavy atom. The van der Waals surface area contributed by atoms with Crippen LogP contribution in [0.15, 0.2) is 24.3 Å². The van der Waals surface area contributed by atoms with Gasteiger partial charge in [-0.15, -0.1) is 0 Å². The minimum Gasteiger partial charge on any atom is -0.384 e. The van der Waals surface area contributed by atoms with Crippen molar-refractivity contribution in [2.75, 3.05) is 11.5 Å². The third-order valence-corrected chi connectivity index (χ3v) is 4.38. The van der Waals surface area contributed by atoms with Gasteiger partial charge in [0.15, 0.2) is 0 Å². The summed E-state index contributed by atoms with van der Waals surface area (Å²) in [5.74, 6) is 1.95. The number of nitriles is 1. The molecule has 2 nitrogen and oxygen atoms in total. The molecule has 0 spiro atoms. The van der Waals surface area contributed by atoms with E-state index in [4.69, 9.17) is 5.26 Å². The van der Waals surface area contributed by atoms with E-state index >= 15 is 0 Å². The maximum absolute atomic E-state index is 10.5. The Morgan fingerprint density at radius 3 is 3.00 bits per heavy atom. The molecule has 78 valence electrons. The lowest BCUT2D eigenvalue weighted by Gasteiger charge is -2.27. The van der Waals surface area contributed by atoms with Gasteiger partial charge in [0.25, 0.3) is 0 Å². The van der Waals surface area contributed by atoms with E-state index in [1.807, 2.05) is 12.1 Å². The molecule has 0 radical (unpaired) electrons. The lowest BCUT2D eigenvalue weighted by atomic mass is 9.85. The van der Waals surface area contributed by atoms with Gasteiger partial charge in [0.1, 0.15) is 5.60 Å². The molecule has 1 N–H and O–H groups in total. The van der Waals surface area contributed by atoms with Crippen LogP contribution < -0.4 is 0 Å². The zero-order valence-corrected chi connectivity index (χ0v) is 9.42. The molecule has 0 unspecified atom stereocenters. The second kappa shape index (κ2) is 3.88. The van der Waals surface area contributed by atoms with Crippen molar-refractivity contribution in [2.45, 2.75) is 12.5 Å². The molecular weight excluding hydrogens is 206 g/mol. The number of nitrogens with zero attached hydrogens (tertiary/aromatic N) is 1. The first-order valence-electron chi connectivity index (χ1n) is 4.97. The zero-order chi connectivity index (χ0) is 10.9. The first-order valence-corrected chi connectivity index (χ1v) is 6.13. The summed E-state index contributed by atoms with van der Waals surface area (Å²) in [6, 6.07) is 9.40. The summed E-state index contributed by atoms with van der Waals surface area (Å²) in [5, 5.41) is 19.3. The first kappa shape index (κ1) is 10.5. The molecule has 1 saturated heterocycles. The highest BCUT2D eigenvalue weighted by Crippen LogP contribution is 2.41. The summed E-state index contributed by atoms with van der Waals surface area (Å²) in [6.07, 6.45) is 0. The predicted molar refractivity (Wildman–Crippen MR) is 61.5 cm³/mol. The van der Waals surface area contributed by atoms with Gasteiger partial charge < -0.3 is 5.11 Å². The van der Waals surface area contributed by atoms with E-state index in [0.717, 1.165) is 17.1 Å². The third-order valence-electron chi connectivity index (χ3n) is 3.00. The third kappa shape index (κ3) is 1.75. The van der Waals surface area contributed by atoms with Crippen molar-refractivity contribution in [3.05, 3.63) is 35.4 Å². The highest BCUT2D eigenvalue weighted by molar-refractivity contribution is 7.99. The van der Waals surface area contributed by atoms with Crippen LogP contribution in [0.3, 0.4) is 0 Å². The lowest BCUT2D eigenvalue weighted by molar-refractivity contribution is 0.0234. The van der Waals surface area contributed by atoms with E-state index in [0.29, 0.717) is 5.56 Å². The maximum atomic E-state index is 10.5. The Hall–Kier alpha value is -0.980. The minimum atomic E-state index is -0.752. The van der Waals surface area contributed by atoms with Crippen LogP contribution in [0.2, 0.25) is 0 Å². The quantitative estimate of drug-likeness (QED) is 0.787. The summed E-state index contributed by atoms with van der Waals surface area (Å²) in [5.41, 5.74) is 0.737. The van der Waals surface area contributed by atoms with Gasteiger partial charge in [-0.2, -0.15) is 17.0 Å². The molecule has 15 heavy (non-hydrogen) atoms. The fraction of sp³-hybridized carbons (Fsp3) is 0.417. The fourth-order valence-electron chi connectivity index (χ4n) is 1.90. The SMILES string of the molecule is C[C@H]1CSC[C@]1(O)c1cccc(C#N)c1. The van der Waals surface area contributed by atoms with Gasteiger partial charge in [-0.1, -0.05) is 19.1 Å². The molecular formula is C12H13NOS. The molecule has 1 aromatic carbocycles. The Balaban J connectivity index is 2.41. The number of thioether (sulfide) groups is 1. The molecule has 1 aromatic rings. The van der Waals surface area contributed by atoms with Crippen LogP contribution in [0.5, 0.6) is 0 Å². The predicted octanol–water partition coefficient (Wildman–Crippen LogP) is 2.13. The first-order chi connectivity index (χ1) is 7.16. The molecule has 1 aliphatic heterocycles. The molecule has 1 heterocycles. The summed E-state index contributed by atoms with van der Waals surface area (Å²) < 4.78 is 0. The van der Waals surface area contributed by atoms with Gasteiger partial charge in [0.2, 0.25) is 0 Å². The van der Waals surface area contributed by atoms with Gasteiger partial charge in [-0.25, -0.2) is 0 Å². The van der Waals surface area contributed by atoms with Crippen LogP contribution in [0, 0.1) is 17.2 Å². The minimum absolute atomic E-state index is 0.247. The molecule has 0 saturated carbocycles. The smallest absolute Gasteiger partial charge is 0.102 e. The number of benzene rings is 1. The highest BCUT2D eigenvalue weighted by atomic mass is 32.2. The van der Waals surface area contributed by atoms with Gasteiger partial charge in [0.05, 0.1) is 11.6 Å². The van der Waals surface area contributed by atoms with Gasteiger partial charge >= 0.3 is 0 Å². The normalized spacial score (nSPS) is 30.1. The van der Waals surface area contributed by atoms with Gasteiger partial charge in [-0.3, -0.25) is 0 Å². The standard InChI is InChI=1S/C12H13NOS/c1-9-7-15-8-12(9,14)11-4-2-3-10(5-11)6-13/h2-5,9,14H,7-8H2,1H3/t9-,12+/m0/s1. The maximum Gasteiger partial charge on any atom is 0.102 e. The second-order valence-corrected chi connectivity index (χ2v) is 5.06. The fourth-order valence-corrected chi connectivity index (χ4v) is 3.41. The number of aliphatic hydroxyl groups is 1. The van der Waals surface area contributed by atoms with E-state index in [9.17, 15) is 5.11 Å². The number of hydrogen-bond acceptors (Lipinski definition) is 3. The molecule has 0 bridgehead atoms. The Labute approximate surface area is 93.9 Å². The lowest BCUT2D eigenvalue weighted by Crippen LogP contribution is -2.32. The van der Waals surface area contributed by atoms with Crippen molar-refractivity contribution in [2.24, 2.45) is 5.92 Å². The van der Waals surface area contributed by atoms with E-state index in [-0.39, 0.29) is 5.92 Å². The van der Waals surface area contributed by atoms with Crippen molar-refractivity contribution in [3.63, 3.8) is 0 Å². The average Bonchev–Trinajstić information content (AvgIpc) is 2.61. The number of rotatable bonds is 1. The van der Waals surface area contributed by atoms with Crippen LogP contribution in [0.25, 0.3) is 0 Å². The average molecular weight is 219 g/mol. The molecule has 1 aliphatic rings. The van der Waals surface area contributed by atoms with E-state index < -0.39 is 5.60 Å². The monoisotopic (exact) mass is 219 g/mol. The van der Waals surface area contributed by atoms with Crippen LogP contribution in [0.1, 0.15) is 18.1 Å². The molecule has 0 aromatic heterocycles. The van der Waals surface area contributed by atoms with Crippen molar-refractivity contribution in [1.82, 2.24) is 0 Å². The van der Waals surface area contributed by atoms with Crippen molar-refractivity contribution in [3.8, 4) is 6.07 Å². The van der Waals surface area contributed by atoms with Crippen LogP contribution in [-0.4, -0.2) is 16.6 Å². The number of hydrogen-bond donors (Lipinski definition) is 1. The molecule has 3 heteroatoms. The molecule has 0 aliphatic carbocycles. The van der Waals surface area contributed by atoms with Gasteiger partial charge in [0, 0.05) is 5.75 Å². The zero-order valence-electron chi connectivity index (χ0n) is 8.60. The van der Waals surface area contributed by atoms with Gasteiger partial charge in [-0.05, 0) is 29.4 Å². The van der Waals surface area contributed by atoms with E-state index in [1.54, 1.807) is 23.9 Å². The van der Waals surface area contributed by atoms with Crippen molar-refractivity contribution < 1.29 is 5.11 Å². The molecule has 2 rings (SSSR count). The molecule has 2 atom stereocenters. The van der Waals surface area contributed by atoms with Crippen LogP contribution >= 0.6 is 11.8 Å². The highest BCUT2D eigenvalue weighted by Gasteiger charge is 2.40. The van der Waals surface area contributed by atoms with Crippen molar-refractivity contribution >= 4 is 11.8 Å². The summed E-state index contributed by atoms with van der Waals surface area (Å²) in [7, 11) is 0. The summed E-state index contributed by atoms with van der Waals surface area (Å²) >= 11 is 1.76. The van der Waals surface area contributed by atoms with Crippen molar-refractivity contribution in [1.29, 1.82) is 5.26 Å². The Kier molecular flexibility index (Phi) is 2.72. The summed E-state index contributed by atoms with van der Waals surface area (Å²) in [4.78, 5) is 0. The Morgan fingerprint density at radius 1 is 1.60 bits per heavy atom. The molecule has 1 fully saturated rings. The topological polar surface area (TPSA) is 44.0 Å². The molecule has 0 amide bonds.